The lowest BCUT2D eigenvalue weighted by Gasteiger charge is -2.51. The number of phenols is 1. The van der Waals surface area contributed by atoms with Crippen LogP contribution in [0.4, 0.5) is 0 Å². The number of hydrogen-bond acceptors (Lipinski definition) is 12. The second-order valence-corrected chi connectivity index (χ2v) is 11.1. The predicted molar refractivity (Wildman–Crippen MR) is 147 cm³/mol. The topological polar surface area (TPSA) is 178 Å². The van der Waals surface area contributed by atoms with E-state index in [0.29, 0.717) is 0 Å². The minimum atomic E-state index is -2.57. The van der Waals surface area contributed by atoms with Gasteiger partial charge in [0.2, 0.25) is 5.43 Å². The monoisotopic (exact) mass is 615 g/mol. The number of aliphatic hydroxyl groups excluding tert-OH is 2. The van der Waals surface area contributed by atoms with E-state index in [9.17, 15) is 30.0 Å². The summed E-state index contributed by atoms with van der Waals surface area (Å²) < 4.78 is 34.4. The largest absolute Gasteiger partial charge is 0.508 e. The highest BCUT2D eigenvalue weighted by Crippen LogP contribution is 2.59. The maximum atomic E-state index is 14.0. The van der Waals surface area contributed by atoms with E-state index >= 15 is 0 Å². The summed E-state index contributed by atoms with van der Waals surface area (Å²) in [6, 6.07) is 4.22. The van der Waals surface area contributed by atoms with Crippen LogP contribution in [0.3, 0.4) is 0 Å². The van der Waals surface area contributed by atoms with Gasteiger partial charge in [0.25, 0.3) is 5.91 Å². The van der Waals surface area contributed by atoms with Gasteiger partial charge in [-0.2, -0.15) is 0 Å². The molecule has 0 radical (unpaired) electrons. The summed E-state index contributed by atoms with van der Waals surface area (Å²) in [5.74, 6) is -3.60. The lowest BCUT2D eigenvalue weighted by molar-refractivity contribution is -0.199. The van der Waals surface area contributed by atoms with Crippen LogP contribution in [0.5, 0.6) is 11.5 Å². The van der Waals surface area contributed by atoms with Crippen LogP contribution < -0.4 is 20.8 Å². The van der Waals surface area contributed by atoms with E-state index in [2.05, 4.69) is 0 Å². The molecule has 226 valence electrons. The lowest BCUT2D eigenvalue weighted by Crippen LogP contribution is -2.62. The zero-order chi connectivity index (χ0) is 30.7. The second-order valence-electron chi connectivity index (χ2n) is 10.7. The molecule has 2 aliphatic carbocycles. The number of aromatic hydroxyl groups is 1. The fraction of sp³-hybridized carbons (Fsp3) is 0.379. The van der Waals surface area contributed by atoms with Gasteiger partial charge in [0.1, 0.15) is 35.0 Å². The van der Waals surface area contributed by atoms with E-state index in [1.807, 2.05) is 0 Å². The Hall–Kier alpha value is -3.85. The number of phenolic OH excluding ortho intramolecular Hbond substituents is 1. The number of carbonyl (C=O) groups excluding carboxylic acids is 1. The number of fused-ring (bicyclic) bond motifs is 5. The molecular formula is C29H26ClNO12. The van der Waals surface area contributed by atoms with E-state index < -0.39 is 64.1 Å². The maximum Gasteiger partial charge on any atom is 0.259 e. The molecule has 0 saturated carbocycles. The van der Waals surface area contributed by atoms with Gasteiger partial charge in [-0.25, -0.2) is 0 Å². The number of carbonyl (C=O) groups is 1. The summed E-state index contributed by atoms with van der Waals surface area (Å²) in [6.45, 7) is -0.342. The average Bonchev–Trinajstić information content (AvgIpc) is 2.99. The van der Waals surface area contributed by atoms with Gasteiger partial charge in [-0.05, 0) is 23.8 Å². The fourth-order valence-electron chi connectivity index (χ4n) is 6.98. The molecule has 1 amide bonds. The molecule has 0 bridgehead atoms. The number of likely N-dealkylation sites (N-methyl/N-ethyl adjacent to an activating group) is 1. The van der Waals surface area contributed by atoms with E-state index in [-0.39, 0.29) is 62.0 Å². The van der Waals surface area contributed by atoms with Gasteiger partial charge < -0.3 is 53.4 Å². The molecule has 1 saturated heterocycles. The Kier molecular flexibility index (Phi) is 6.06. The zero-order valence-electron chi connectivity index (χ0n) is 23.2. The first-order valence-corrected chi connectivity index (χ1v) is 13.6. The molecule has 2 aliphatic heterocycles. The number of aliphatic hydroxyl groups is 3. The van der Waals surface area contributed by atoms with E-state index in [0.717, 1.165) is 4.90 Å². The molecule has 6 unspecified atom stereocenters. The molecule has 1 aromatic heterocycles. The Morgan fingerprint density at radius 1 is 1.12 bits per heavy atom. The molecular weight excluding hydrogens is 590 g/mol. The third kappa shape index (κ3) is 3.29. The van der Waals surface area contributed by atoms with Gasteiger partial charge in [0.15, 0.2) is 41.1 Å². The van der Waals surface area contributed by atoms with Crippen molar-refractivity contribution in [1.82, 2.24) is 4.90 Å². The Bertz CT molecular complexity index is 1940. The third-order valence-electron chi connectivity index (χ3n) is 8.88. The SMILES string of the molecule is COc1c(Cl)ccc2c(=O)c3c(oc12)=C1OCOC2C(OC)c4cc5c(c(O)c4C(O)(C=3O)C12)C(=O)N(C)C(OC)C5O. The van der Waals surface area contributed by atoms with Crippen molar-refractivity contribution >= 4 is 40.0 Å². The van der Waals surface area contributed by atoms with E-state index in [1.165, 1.54) is 46.6 Å². The number of methoxy groups -OCH3 is 3. The molecule has 4 N–H and O–H groups in total. The molecule has 7 rings (SSSR count). The molecule has 43 heavy (non-hydrogen) atoms. The maximum absolute atomic E-state index is 14.0. The van der Waals surface area contributed by atoms with Crippen molar-refractivity contribution in [3.8, 4) is 11.5 Å². The molecule has 3 aromatic rings. The molecule has 1 fully saturated rings. The Labute approximate surface area is 247 Å². The van der Waals surface area contributed by atoms with Crippen LogP contribution in [0.25, 0.3) is 22.5 Å². The number of nitrogens with zero attached hydrogens (tertiary/aromatic N) is 1. The quantitative estimate of drug-likeness (QED) is 0.323. The Balaban J connectivity index is 1.64. The van der Waals surface area contributed by atoms with Crippen molar-refractivity contribution in [2.45, 2.75) is 30.1 Å². The van der Waals surface area contributed by atoms with Crippen molar-refractivity contribution in [3.63, 3.8) is 0 Å². The van der Waals surface area contributed by atoms with Gasteiger partial charge in [0.05, 0.1) is 29.0 Å². The van der Waals surface area contributed by atoms with Crippen molar-refractivity contribution in [2.75, 3.05) is 35.2 Å². The molecule has 14 heteroatoms. The van der Waals surface area contributed by atoms with Crippen molar-refractivity contribution in [3.05, 3.63) is 66.3 Å². The predicted octanol–water partition coefficient (Wildman–Crippen LogP) is 0.618. The number of amides is 1. The lowest BCUT2D eigenvalue weighted by atomic mass is 9.63. The van der Waals surface area contributed by atoms with Crippen LogP contribution in [-0.2, 0) is 24.5 Å². The first-order valence-electron chi connectivity index (χ1n) is 13.2. The fourth-order valence-corrected chi connectivity index (χ4v) is 7.21. The molecule has 0 spiro atoms. The Morgan fingerprint density at radius 3 is 2.53 bits per heavy atom. The van der Waals surface area contributed by atoms with E-state index in [1.54, 1.807) is 0 Å². The van der Waals surface area contributed by atoms with Crippen LogP contribution in [0.2, 0.25) is 5.02 Å². The first-order chi connectivity index (χ1) is 20.5. The van der Waals surface area contributed by atoms with Gasteiger partial charge in [-0.15, -0.1) is 0 Å². The van der Waals surface area contributed by atoms with Crippen LogP contribution in [0, 0.1) is 5.92 Å². The van der Waals surface area contributed by atoms with Crippen LogP contribution in [0.15, 0.2) is 27.4 Å². The summed E-state index contributed by atoms with van der Waals surface area (Å²) in [5.41, 5.74) is -4.00. The van der Waals surface area contributed by atoms with Crippen LogP contribution >= 0.6 is 11.6 Å². The minimum absolute atomic E-state index is 0.0104. The normalized spacial score (nSPS) is 29.0. The molecule has 4 aliphatic rings. The minimum Gasteiger partial charge on any atom is -0.508 e. The summed E-state index contributed by atoms with van der Waals surface area (Å²) in [5, 5.41) is 47.1. The van der Waals surface area contributed by atoms with Gasteiger partial charge >= 0.3 is 0 Å². The third-order valence-corrected chi connectivity index (χ3v) is 9.17. The van der Waals surface area contributed by atoms with Crippen molar-refractivity contribution in [1.29, 1.82) is 0 Å². The van der Waals surface area contributed by atoms with Crippen molar-refractivity contribution in [2.24, 2.45) is 5.92 Å². The Morgan fingerprint density at radius 2 is 1.86 bits per heavy atom. The van der Waals surface area contributed by atoms with Crippen LogP contribution in [-0.4, -0.2) is 78.7 Å². The highest BCUT2D eigenvalue weighted by atomic mass is 35.5. The van der Waals surface area contributed by atoms with Crippen LogP contribution in [0.1, 0.15) is 39.3 Å². The van der Waals surface area contributed by atoms with Gasteiger partial charge in [-0.3, -0.25) is 9.59 Å². The molecule has 3 heterocycles. The van der Waals surface area contributed by atoms with Crippen molar-refractivity contribution < 1.29 is 53.3 Å². The van der Waals surface area contributed by atoms with E-state index in [4.69, 9.17) is 39.7 Å². The molecule has 6 atom stereocenters. The standard InChI is InChI=1S/C29H26ClNO12/c1-31-27(36)13-10(18(33)28(31)40-4)7-11-15(19(13)34)29(37)16-24(20(11)38-2)41-8-42-25(16)23-14(26(29)35)17(32)9-5-6-12(30)22(39-3)21(9)43-23/h5-7,16,18,20,24,28,33-35,37H,8H2,1-4H3. The zero-order valence-corrected chi connectivity index (χ0v) is 24.0. The van der Waals surface area contributed by atoms with Gasteiger partial charge in [-0.1, -0.05) is 11.6 Å². The number of halogens is 1. The van der Waals surface area contributed by atoms with Gasteiger partial charge in [0, 0.05) is 32.4 Å². The summed E-state index contributed by atoms with van der Waals surface area (Å²) in [6.07, 6.45) is -4.52. The molecule has 13 nitrogen and oxygen atoms in total. The second kappa shape index (κ2) is 9.32. The highest BCUT2D eigenvalue weighted by molar-refractivity contribution is 6.33. The average molecular weight is 616 g/mol. The highest BCUT2D eigenvalue weighted by Gasteiger charge is 2.63. The number of benzene rings is 2. The first kappa shape index (κ1) is 28.0. The summed E-state index contributed by atoms with van der Waals surface area (Å²) in [7, 11) is 5.44. The summed E-state index contributed by atoms with van der Waals surface area (Å²) in [4.78, 5) is 28.5. The number of ether oxygens (including phenoxy) is 5. The molecule has 2 aromatic carbocycles. The summed E-state index contributed by atoms with van der Waals surface area (Å²) >= 11 is 6.28. The number of rotatable bonds is 3. The number of hydrogen-bond donors (Lipinski definition) is 4. The smallest absolute Gasteiger partial charge is 0.259 e.